The number of ether oxygens (including phenoxy) is 1. The van der Waals surface area contributed by atoms with Crippen molar-refractivity contribution in [1.29, 1.82) is 0 Å². The van der Waals surface area contributed by atoms with Crippen molar-refractivity contribution >= 4 is 17.6 Å². The van der Waals surface area contributed by atoms with E-state index in [2.05, 4.69) is 5.32 Å². The van der Waals surface area contributed by atoms with Gasteiger partial charge in [-0.3, -0.25) is 9.69 Å². The molecule has 2 fully saturated rings. The first-order valence-corrected chi connectivity index (χ1v) is 8.76. The molecule has 1 aromatic rings. The number of nitrogens with one attached hydrogen (secondary N) is 1. The summed E-state index contributed by atoms with van der Waals surface area (Å²) < 4.78 is 5.42. The van der Waals surface area contributed by atoms with Gasteiger partial charge in [-0.2, -0.15) is 0 Å². The van der Waals surface area contributed by atoms with Crippen molar-refractivity contribution < 1.29 is 14.3 Å². The fourth-order valence-corrected chi connectivity index (χ4v) is 3.37. The summed E-state index contributed by atoms with van der Waals surface area (Å²) >= 11 is 0. The second-order valence-electron chi connectivity index (χ2n) is 6.33. The van der Waals surface area contributed by atoms with E-state index in [1.807, 2.05) is 31.2 Å². The fraction of sp³-hybridized carbons (Fsp3) is 0.556. The molecule has 6 heteroatoms. The number of nitrogens with zero attached hydrogens (tertiary/aromatic N) is 2. The van der Waals surface area contributed by atoms with Crippen LogP contribution < -0.4 is 15.0 Å². The van der Waals surface area contributed by atoms with E-state index < -0.39 is 0 Å². The van der Waals surface area contributed by atoms with Crippen LogP contribution in [-0.4, -0.2) is 49.1 Å². The van der Waals surface area contributed by atoms with Gasteiger partial charge in [0, 0.05) is 24.8 Å². The first kappa shape index (κ1) is 16.6. The Morgan fingerprint density at radius 2 is 1.92 bits per heavy atom. The molecule has 0 bridgehead atoms. The average Bonchev–Trinajstić information content (AvgIpc) is 3.20. The SMILES string of the molecule is CCOc1ccc(N2CCN(CC(=O)NC3CCCC3)C2=O)cc1. The van der Waals surface area contributed by atoms with Crippen LogP contribution in [0.25, 0.3) is 0 Å². The van der Waals surface area contributed by atoms with Gasteiger partial charge in [-0.15, -0.1) is 0 Å². The number of benzene rings is 1. The summed E-state index contributed by atoms with van der Waals surface area (Å²) in [6.45, 7) is 3.87. The van der Waals surface area contributed by atoms with Crippen LogP contribution in [0.4, 0.5) is 10.5 Å². The molecule has 0 unspecified atom stereocenters. The first-order valence-electron chi connectivity index (χ1n) is 8.76. The van der Waals surface area contributed by atoms with Gasteiger partial charge in [0.05, 0.1) is 6.61 Å². The zero-order valence-corrected chi connectivity index (χ0v) is 14.2. The molecule has 2 aliphatic rings. The molecule has 6 nitrogen and oxygen atoms in total. The van der Waals surface area contributed by atoms with Crippen LogP contribution in [0.2, 0.25) is 0 Å². The average molecular weight is 331 g/mol. The lowest BCUT2D eigenvalue weighted by atomic mass is 10.2. The summed E-state index contributed by atoms with van der Waals surface area (Å²) in [7, 11) is 0. The maximum atomic E-state index is 12.5. The monoisotopic (exact) mass is 331 g/mol. The number of hydrogen-bond donors (Lipinski definition) is 1. The van der Waals surface area contributed by atoms with Crippen molar-refractivity contribution in [3.63, 3.8) is 0 Å². The molecular weight excluding hydrogens is 306 g/mol. The number of anilines is 1. The topological polar surface area (TPSA) is 61.9 Å². The van der Waals surface area contributed by atoms with Crippen LogP contribution >= 0.6 is 0 Å². The highest BCUT2D eigenvalue weighted by Crippen LogP contribution is 2.23. The Kier molecular flexibility index (Phi) is 5.23. The Balaban J connectivity index is 1.55. The minimum absolute atomic E-state index is 0.0520. The van der Waals surface area contributed by atoms with Crippen LogP contribution in [0.5, 0.6) is 5.75 Å². The summed E-state index contributed by atoms with van der Waals surface area (Å²) in [6.07, 6.45) is 4.47. The normalized spacial score (nSPS) is 18.3. The van der Waals surface area contributed by atoms with E-state index in [-0.39, 0.29) is 24.5 Å². The Labute approximate surface area is 142 Å². The van der Waals surface area contributed by atoms with Crippen molar-refractivity contribution in [2.24, 2.45) is 0 Å². The third-order valence-electron chi connectivity index (χ3n) is 4.61. The quantitative estimate of drug-likeness (QED) is 0.870. The summed E-state index contributed by atoms with van der Waals surface area (Å²) in [6, 6.07) is 7.66. The van der Waals surface area contributed by atoms with Crippen molar-refractivity contribution in [2.45, 2.75) is 38.6 Å². The molecule has 1 aliphatic carbocycles. The molecule has 1 heterocycles. The lowest BCUT2D eigenvalue weighted by Crippen LogP contribution is -2.42. The van der Waals surface area contributed by atoms with Crippen molar-refractivity contribution in [3.8, 4) is 5.75 Å². The largest absolute Gasteiger partial charge is 0.494 e. The summed E-state index contributed by atoms with van der Waals surface area (Å²) in [5.74, 6) is 0.740. The van der Waals surface area contributed by atoms with Crippen LogP contribution in [0.15, 0.2) is 24.3 Å². The van der Waals surface area contributed by atoms with Crippen LogP contribution in [0, 0.1) is 0 Å². The van der Waals surface area contributed by atoms with Crippen LogP contribution in [-0.2, 0) is 4.79 Å². The molecule has 130 valence electrons. The number of amides is 3. The van der Waals surface area contributed by atoms with Crippen molar-refractivity contribution in [2.75, 3.05) is 31.1 Å². The summed E-state index contributed by atoms with van der Waals surface area (Å²) in [5, 5.41) is 3.03. The predicted octanol–water partition coefficient (Wildman–Crippen LogP) is 2.39. The standard InChI is InChI=1S/C18H25N3O3/c1-2-24-16-9-7-15(8-10-16)21-12-11-20(18(21)23)13-17(22)19-14-5-3-4-6-14/h7-10,14H,2-6,11-13H2,1H3,(H,19,22). The van der Waals surface area contributed by atoms with Gasteiger partial charge in [0.15, 0.2) is 0 Å². The Morgan fingerprint density at radius 1 is 1.21 bits per heavy atom. The van der Waals surface area contributed by atoms with Gasteiger partial charge in [0.1, 0.15) is 12.3 Å². The second kappa shape index (κ2) is 7.55. The van der Waals surface area contributed by atoms with Crippen LogP contribution in [0.1, 0.15) is 32.6 Å². The van der Waals surface area contributed by atoms with Gasteiger partial charge >= 0.3 is 6.03 Å². The lowest BCUT2D eigenvalue weighted by molar-refractivity contribution is -0.122. The van der Waals surface area contributed by atoms with E-state index in [1.54, 1.807) is 9.80 Å². The minimum Gasteiger partial charge on any atom is -0.494 e. The van der Waals surface area contributed by atoms with E-state index in [9.17, 15) is 9.59 Å². The van der Waals surface area contributed by atoms with Crippen molar-refractivity contribution in [3.05, 3.63) is 24.3 Å². The number of carbonyl (C=O) groups is 2. The Morgan fingerprint density at radius 3 is 2.58 bits per heavy atom. The Bertz CT molecular complexity index is 582. The third-order valence-corrected chi connectivity index (χ3v) is 4.61. The molecule has 3 amide bonds. The lowest BCUT2D eigenvalue weighted by Gasteiger charge is -2.20. The molecule has 1 saturated heterocycles. The Hall–Kier alpha value is -2.24. The fourth-order valence-electron chi connectivity index (χ4n) is 3.37. The third kappa shape index (κ3) is 3.80. The molecule has 1 aromatic carbocycles. The maximum absolute atomic E-state index is 12.5. The molecular formula is C18H25N3O3. The zero-order chi connectivity index (χ0) is 16.9. The second-order valence-corrected chi connectivity index (χ2v) is 6.33. The van der Waals surface area contributed by atoms with Gasteiger partial charge < -0.3 is 15.0 Å². The molecule has 0 spiro atoms. The van der Waals surface area contributed by atoms with Crippen LogP contribution in [0.3, 0.4) is 0 Å². The molecule has 1 aliphatic heterocycles. The molecule has 1 saturated carbocycles. The van der Waals surface area contributed by atoms with E-state index in [4.69, 9.17) is 4.74 Å². The van der Waals surface area contributed by atoms with Gasteiger partial charge in [0.2, 0.25) is 5.91 Å². The molecule has 24 heavy (non-hydrogen) atoms. The number of rotatable bonds is 6. The van der Waals surface area contributed by atoms with E-state index in [0.29, 0.717) is 19.7 Å². The highest BCUT2D eigenvalue weighted by atomic mass is 16.5. The van der Waals surface area contributed by atoms with Gasteiger partial charge in [0.25, 0.3) is 0 Å². The highest BCUT2D eigenvalue weighted by molar-refractivity contribution is 5.96. The van der Waals surface area contributed by atoms with Gasteiger partial charge in [-0.1, -0.05) is 12.8 Å². The highest BCUT2D eigenvalue weighted by Gasteiger charge is 2.31. The minimum atomic E-state index is -0.110. The first-order chi connectivity index (χ1) is 11.7. The molecule has 0 radical (unpaired) electrons. The maximum Gasteiger partial charge on any atom is 0.325 e. The zero-order valence-electron chi connectivity index (χ0n) is 14.2. The summed E-state index contributed by atoms with van der Waals surface area (Å²) in [5.41, 5.74) is 0.835. The molecule has 0 aromatic heterocycles. The van der Waals surface area contributed by atoms with Crippen molar-refractivity contribution in [1.82, 2.24) is 10.2 Å². The van der Waals surface area contributed by atoms with E-state index >= 15 is 0 Å². The van der Waals surface area contributed by atoms with E-state index in [0.717, 1.165) is 24.3 Å². The van der Waals surface area contributed by atoms with Gasteiger partial charge in [-0.25, -0.2) is 4.79 Å². The summed E-state index contributed by atoms with van der Waals surface area (Å²) in [4.78, 5) is 28.0. The molecule has 1 N–H and O–H groups in total. The molecule has 0 atom stereocenters. The molecule has 3 rings (SSSR count). The number of urea groups is 1. The predicted molar refractivity (Wildman–Crippen MR) is 92.3 cm³/mol. The smallest absolute Gasteiger partial charge is 0.325 e. The number of hydrogen-bond acceptors (Lipinski definition) is 3. The van der Waals surface area contributed by atoms with E-state index in [1.165, 1.54) is 12.8 Å². The number of carbonyl (C=O) groups excluding carboxylic acids is 2. The van der Waals surface area contributed by atoms with Gasteiger partial charge in [-0.05, 0) is 44.0 Å².